The van der Waals surface area contributed by atoms with Crippen molar-refractivity contribution in [3.05, 3.63) is 46.8 Å². The second kappa shape index (κ2) is 4.73. The first-order valence-electron chi connectivity index (χ1n) is 4.45. The topological polar surface area (TPSA) is 58.8 Å². The van der Waals surface area contributed by atoms with Crippen molar-refractivity contribution in [2.75, 3.05) is 0 Å². The third kappa shape index (κ3) is 2.35. The van der Waals surface area contributed by atoms with E-state index >= 15 is 0 Å². The van der Waals surface area contributed by atoms with Crippen molar-refractivity contribution < 1.29 is 4.74 Å². The van der Waals surface area contributed by atoms with Crippen LogP contribution < -0.4 is 4.74 Å². The molecule has 0 unspecified atom stereocenters. The Kier molecular flexibility index (Phi) is 3.13. The molecular weight excluding hydrogens is 270 g/mol. The highest BCUT2D eigenvalue weighted by molar-refractivity contribution is 9.10. The summed E-state index contributed by atoms with van der Waals surface area (Å²) in [5, 5.41) is 8.69. The van der Waals surface area contributed by atoms with E-state index < -0.39 is 0 Å². The molecule has 0 radical (unpaired) electrons. The van der Waals surface area contributed by atoms with Crippen LogP contribution >= 0.6 is 15.9 Å². The number of nitriles is 1. The lowest BCUT2D eigenvalue weighted by atomic mass is 10.4. The third-order valence-corrected chi connectivity index (χ3v) is 2.37. The van der Waals surface area contributed by atoms with Crippen molar-refractivity contribution in [2.24, 2.45) is 0 Å². The summed E-state index contributed by atoms with van der Waals surface area (Å²) in [6.45, 7) is 0. The Morgan fingerprint density at radius 2 is 2.12 bits per heavy atom. The van der Waals surface area contributed by atoms with E-state index in [9.17, 15) is 0 Å². The molecule has 0 atom stereocenters. The molecule has 2 aromatic heterocycles. The fourth-order valence-electron chi connectivity index (χ4n) is 1.09. The van der Waals surface area contributed by atoms with Gasteiger partial charge in [-0.15, -0.1) is 0 Å². The number of rotatable bonds is 2. The number of hydrogen-bond acceptors (Lipinski definition) is 4. The van der Waals surface area contributed by atoms with Gasteiger partial charge >= 0.3 is 0 Å². The van der Waals surface area contributed by atoms with Crippen LogP contribution in [0.4, 0.5) is 0 Å². The summed E-state index contributed by atoms with van der Waals surface area (Å²) in [6, 6.07) is 10.5. The Morgan fingerprint density at radius 1 is 1.25 bits per heavy atom. The normalized spacial score (nSPS) is 9.50. The lowest BCUT2D eigenvalue weighted by molar-refractivity contribution is 0.457. The quantitative estimate of drug-likeness (QED) is 0.791. The molecule has 2 aromatic rings. The van der Waals surface area contributed by atoms with Crippen LogP contribution in [0.1, 0.15) is 5.69 Å². The molecule has 0 spiro atoms. The van der Waals surface area contributed by atoms with E-state index in [-0.39, 0.29) is 0 Å². The molecule has 2 rings (SSSR count). The molecule has 0 N–H and O–H groups in total. The molecule has 0 saturated heterocycles. The minimum absolute atomic E-state index is 0.317. The Hall–Kier alpha value is -1.93. The Labute approximate surface area is 101 Å². The van der Waals surface area contributed by atoms with Gasteiger partial charge < -0.3 is 4.74 Å². The fourth-order valence-corrected chi connectivity index (χ4v) is 1.43. The zero-order valence-corrected chi connectivity index (χ0v) is 9.68. The Morgan fingerprint density at radius 3 is 2.88 bits per heavy atom. The maximum absolute atomic E-state index is 8.69. The molecule has 0 fully saturated rings. The van der Waals surface area contributed by atoms with Gasteiger partial charge in [-0.05, 0) is 34.1 Å². The van der Waals surface area contributed by atoms with Crippen molar-refractivity contribution in [2.45, 2.75) is 0 Å². The highest BCUT2D eigenvalue weighted by Crippen LogP contribution is 2.26. The van der Waals surface area contributed by atoms with E-state index in [2.05, 4.69) is 25.9 Å². The number of ether oxygens (including phenoxy) is 1. The molecule has 0 amide bonds. The van der Waals surface area contributed by atoms with Crippen LogP contribution in [0, 0.1) is 11.3 Å². The lowest BCUT2D eigenvalue weighted by Gasteiger charge is -2.05. The van der Waals surface area contributed by atoms with Crippen LogP contribution in [0.25, 0.3) is 0 Å². The monoisotopic (exact) mass is 275 g/mol. The predicted octanol–water partition coefficient (Wildman–Crippen LogP) is 2.90. The molecular formula is C11H6BrN3O. The minimum atomic E-state index is 0.317. The molecule has 5 heteroatoms. The standard InChI is InChI=1S/C11H6BrN3O/c12-11-9(4-2-6-14-11)16-10-5-1-3-8(7-13)15-10/h1-6H. The largest absolute Gasteiger partial charge is 0.436 e. The van der Waals surface area contributed by atoms with Crippen LogP contribution in [0.2, 0.25) is 0 Å². The van der Waals surface area contributed by atoms with Crippen molar-refractivity contribution >= 4 is 15.9 Å². The average molecular weight is 276 g/mol. The van der Waals surface area contributed by atoms with Gasteiger partial charge in [-0.25, -0.2) is 9.97 Å². The first-order valence-corrected chi connectivity index (χ1v) is 5.24. The van der Waals surface area contributed by atoms with Crippen LogP contribution in [0.3, 0.4) is 0 Å². The number of pyridine rings is 2. The zero-order valence-electron chi connectivity index (χ0n) is 8.09. The van der Waals surface area contributed by atoms with Gasteiger partial charge in [-0.1, -0.05) is 6.07 Å². The number of nitrogens with zero attached hydrogens (tertiary/aromatic N) is 3. The molecule has 2 heterocycles. The van der Waals surface area contributed by atoms with Crippen LogP contribution in [-0.2, 0) is 0 Å². The third-order valence-electron chi connectivity index (χ3n) is 1.78. The van der Waals surface area contributed by atoms with Crippen molar-refractivity contribution in [3.8, 4) is 17.7 Å². The summed E-state index contributed by atoms with van der Waals surface area (Å²) in [6.07, 6.45) is 1.65. The highest BCUT2D eigenvalue weighted by atomic mass is 79.9. The Balaban J connectivity index is 2.28. The van der Waals surface area contributed by atoms with Gasteiger partial charge in [0.2, 0.25) is 5.88 Å². The second-order valence-electron chi connectivity index (χ2n) is 2.87. The van der Waals surface area contributed by atoms with Crippen molar-refractivity contribution in [3.63, 3.8) is 0 Å². The van der Waals surface area contributed by atoms with E-state index in [0.29, 0.717) is 21.9 Å². The minimum Gasteiger partial charge on any atom is -0.436 e. The summed E-state index contributed by atoms with van der Waals surface area (Å²) in [4.78, 5) is 8.01. The summed E-state index contributed by atoms with van der Waals surface area (Å²) in [7, 11) is 0. The average Bonchev–Trinajstić information content (AvgIpc) is 2.32. The number of halogens is 1. The molecule has 78 valence electrons. The van der Waals surface area contributed by atoms with Crippen molar-refractivity contribution in [1.29, 1.82) is 5.26 Å². The predicted molar refractivity (Wildman–Crippen MR) is 61.0 cm³/mol. The van der Waals surface area contributed by atoms with Gasteiger partial charge in [-0.3, -0.25) is 0 Å². The van der Waals surface area contributed by atoms with Crippen molar-refractivity contribution in [1.82, 2.24) is 9.97 Å². The molecule has 0 saturated carbocycles. The Bertz CT molecular complexity index is 551. The van der Waals surface area contributed by atoms with E-state index in [1.165, 1.54) is 0 Å². The van der Waals surface area contributed by atoms with E-state index in [1.807, 2.05) is 6.07 Å². The number of aromatic nitrogens is 2. The van der Waals surface area contributed by atoms with Gasteiger partial charge in [-0.2, -0.15) is 5.26 Å². The lowest BCUT2D eigenvalue weighted by Crippen LogP contribution is -1.91. The van der Waals surface area contributed by atoms with Crippen LogP contribution in [-0.4, -0.2) is 9.97 Å². The van der Waals surface area contributed by atoms with Gasteiger partial charge in [0, 0.05) is 12.3 Å². The second-order valence-corrected chi connectivity index (χ2v) is 3.62. The smallest absolute Gasteiger partial charge is 0.220 e. The molecule has 16 heavy (non-hydrogen) atoms. The maximum Gasteiger partial charge on any atom is 0.220 e. The molecule has 4 nitrogen and oxygen atoms in total. The summed E-state index contributed by atoms with van der Waals surface area (Å²) in [5.41, 5.74) is 0.317. The first-order chi connectivity index (χ1) is 7.79. The summed E-state index contributed by atoms with van der Waals surface area (Å²) in [5.74, 6) is 0.929. The van der Waals surface area contributed by atoms with Gasteiger partial charge in [0.1, 0.15) is 16.4 Å². The van der Waals surface area contributed by atoms with Gasteiger partial charge in [0.05, 0.1) is 0 Å². The molecule has 0 aliphatic carbocycles. The SMILES string of the molecule is N#Cc1cccc(Oc2cccnc2Br)n1. The summed E-state index contributed by atoms with van der Waals surface area (Å²) >= 11 is 3.26. The molecule has 0 bridgehead atoms. The first kappa shape index (κ1) is 10.6. The van der Waals surface area contributed by atoms with E-state index in [0.717, 1.165) is 0 Å². The zero-order chi connectivity index (χ0) is 11.4. The fraction of sp³-hybridized carbons (Fsp3) is 0. The summed E-state index contributed by atoms with van der Waals surface area (Å²) < 4.78 is 6.08. The molecule has 0 aromatic carbocycles. The molecule has 0 aliphatic heterocycles. The molecule has 0 aliphatic rings. The van der Waals surface area contributed by atoms with E-state index in [4.69, 9.17) is 10.00 Å². The highest BCUT2D eigenvalue weighted by Gasteiger charge is 2.04. The van der Waals surface area contributed by atoms with Crippen LogP contribution in [0.15, 0.2) is 41.1 Å². The van der Waals surface area contributed by atoms with E-state index in [1.54, 1.807) is 36.5 Å². The maximum atomic E-state index is 8.69. The number of hydrogen-bond donors (Lipinski definition) is 0. The van der Waals surface area contributed by atoms with Crippen LogP contribution in [0.5, 0.6) is 11.6 Å². The van der Waals surface area contributed by atoms with Gasteiger partial charge in [0.25, 0.3) is 0 Å². The van der Waals surface area contributed by atoms with Gasteiger partial charge in [0.15, 0.2) is 5.75 Å².